The average molecular weight is 374 g/mol. The highest BCUT2D eigenvalue weighted by atomic mass is 35.5. The van der Waals surface area contributed by atoms with Crippen LogP contribution < -0.4 is 14.9 Å². The van der Waals surface area contributed by atoms with E-state index in [4.69, 9.17) is 30.4 Å². The van der Waals surface area contributed by atoms with Crippen LogP contribution in [0.3, 0.4) is 0 Å². The van der Waals surface area contributed by atoms with E-state index in [0.717, 1.165) is 5.46 Å². The summed E-state index contributed by atoms with van der Waals surface area (Å²) in [4.78, 5) is 4.34. The molecule has 0 N–H and O–H groups in total. The van der Waals surface area contributed by atoms with Gasteiger partial charge in [-0.2, -0.15) is 0 Å². The first-order valence-electron chi connectivity index (χ1n) is 8.60. The van der Waals surface area contributed by atoms with Crippen LogP contribution in [0.1, 0.15) is 40.3 Å². The fraction of sp³-hybridized carbons (Fsp3) is 0.421. The van der Waals surface area contributed by atoms with Gasteiger partial charge in [-0.1, -0.05) is 23.7 Å². The zero-order valence-electron chi connectivity index (χ0n) is 15.5. The van der Waals surface area contributed by atoms with Crippen molar-refractivity contribution in [1.29, 1.82) is 0 Å². The van der Waals surface area contributed by atoms with Gasteiger partial charge in [0.2, 0.25) is 0 Å². The summed E-state index contributed by atoms with van der Waals surface area (Å²) in [5.41, 5.74) is 0.582. The zero-order chi connectivity index (χ0) is 18.7. The van der Waals surface area contributed by atoms with Crippen LogP contribution in [0.2, 0.25) is 5.02 Å². The van der Waals surface area contributed by atoms with Crippen LogP contribution in [-0.4, -0.2) is 23.3 Å². The molecule has 0 amide bonds. The molecule has 2 aliphatic rings. The van der Waals surface area contributed by atoms with Crippen molar-refractivity contribution >= 4 is 24.2 Å². The second-order valence-corrected chi connectivity index (χ2v) is 8.21. The Morgan fingerprint density at radius 1 is 0.923 bits per heavy atom. The topological polar surface area (TPSA) is 49.8 Å². The Hall–Kier alpha value is -1.76. The highest BCUT2D eigenvalue weighted by Gasteiger charge is 2.54. The van der Waals surface area contributed by atoms with Crippen LogP contribution in [-0.2, 0) is 15.1 Å². The highest BCUT2D eigenvalue weighted by molar-refractivity contribution is 6.63. The van der Waals surface area contributed by atoms with Crippen molar-refractivity contribution in [1.82, 2.24) is 4.98 Å². The Morgan fingerprint density at radius 2 is 1.62 bits per heavy atom. The van der Waals surface area contributed by atoms with Gasteiger partial charge < -0.3 is 18.8 Å². The number of ether oxygens (including phenoxy) is 2. The summed E-state index contributed by atoms with van der Waals surface area (Å²) in [6.07, 6.45) is 1.58. The predicted molar refractivity (Wildman–Crippen MR) is 100 cm³/mol. The number of pyridine rings is 1. The molecule has 1 saturated heterocycles. The van der Waals surface area contributed by atoms with Gasteiger partial charge in [0.15, 0.2) is 11.5 Å². The molecule has 0 bridgehead atoms. The van der Waals surface area contributed by atoms with Crippen LogP contribution in [0, 0.1) is 0 Å². The van der Waals surface area contributed by atoms with Gasteiger partial charge in [0.1, 0.15) is 5.69 Å². The van der Waals surface area contributed by atoms with Crippen LogP contribution in [0.4, 0.5) is 0 Å². The summed E-state index contributed by atoms with van der Waals surface area (Å²) < 4.78 is 24.6. The van der Waals surface area contributed by atoms with Crippen molar-refractivity contribution < 1.29 is 18.8 Å². The fourth-order valence-electron chi connectivity index (χ4n) is 3.05. The van der Waals surface area contributed by atoms with E-state index in [2.05, 4.69) is 4.98 Å². The molecule has 2 aliphatic heterocycles. The number of hydrogen-bond donors (Lipinski definition) is 0. The number of nitrogens with zero attached hydrogens (tertiary/aromatic N) is 1. The van der Waals surface area contributed by atoms with Gasteiger partial charge in [-0.05, 0) is 45.9 Å². The molecule has 7 heteroatoms. The molecule has 136 valence electrons. The zero-order valence-corrected chi connectivity index (χ0v) is 16.3. The second kappa shape index (κ2) is 5.62. The minimum atomic E-state index is -1.04. The van der Waals surface area contributed by atoms with Crippen molar-refractivity contribution in [2.75, 3.05) is 0 Å². The number of aromatic nitrogens is 1. The molecule has 0 radical (unpaired) electrons. The van der Waals surface area contributed by atoms with E-state index in [1.165, 1.54) is 0 Å². The third-order valence-electron chi connectivity index (χ3n) is 5.31. The van der Waals surface area contributed by atoms with Gasteiger partial charge in [0.05, 0.1) is 16.2 Å². The molecule has 0 saturated carbocycles. The van der Waals surface area contributed by atoms with E-state index in [-0.39, 0.29) is 0 Å². The lowest BCUT2D eigenvalue weighted by Gasteiger charge is -2.32. The van der Waals surface area contributed by atoms with Crippen molar-refractivity contribution in [2.45, 2.75) is 51.6 Å². The van der Waals surface area contributed by atoms with Crippen molar-refractivity contribution in [3.8, 4) is 11.5 Å². The first-order valence-corrected chi connectivity index (χ1v) is 8.98. The van der Waals surface area contributed by atoms with Crippen molar-refractivity contribution in [2.24, 2.45) is 0 Å². The number of fused-ring (bicyclic) bond motifs is 1. The molecule has 3 heterocycles. The van der Waals surface area contributed by atoms with Crippen LogP contribution in [0.5, 0.6) is 11.5 Å². The van der Waals surface area contributed by atoms with Gasteiger partial charge in [-0.25, -0.2) is 0 Å². The first kappa shape index (κ1) is 17.6. The van der Waals surface area contributed by atoms with Gasteiger partial charge in [0.25, 0.3) is 5.79 Å². The molecule has 0 aliphatic carbocycles. The largest absolute Gasteiger partial charge is 0.498 e. The van der Waals surface area contributed by atoms with Crippen LogP contribution in [0.25, 0.3) is 0 Å². The van der Waals surface area contributed by atoms with Gasteiger partial charge in [-0.15, -0.1) is 0 Å². The number of rotatable bonds is 2. The molecule has 5 nitrogen and oxygen atoms in total. The predicted octanol–water partition coefficient (Wildman–Crippen LogP) is 3.68. The van der Waals surface area contributed by atoms with Crippen LogP contribution in [0.15, 0.2) is 36.5 Å². The van der Waals surface area contributed by atoms with E-state index in [0.29, 0.717) is 22.2 Å². The summed E-state index contributed by atoms with van der Waals surface area (Å²) in [5, 5.41) is 0.561. The maximum atomic E-state index is 6.21. The molecule has 2 aromatic rings. The normalized spacial score (nSPS) is 25.5. The number of halogens is 1. The first-order chi connectivity index (χ1) is 12.1. The monoisotopic (exact) mass is 373 g/mol. The molecule has 0 spiro atoms. The van der Waals surface area contributed by atoms with E-state index in [1.807, 2.05) is 52.8 Å². The van der Waals surface area contributed by atoms with E-state index in [9.17, 15) is 0 Å². The maximum Gasteiger partial charge on any atom is 0.498 e. The van der Waals surface area contributed by atoms with Gasteiger partial charge in [-0.3, -0.25) is 4.98 Å². The smallest absolute Gasteiger partial charge is 0.443 e. The molecule has 4 rings (SSSR count). The molecule has 0 unspecified atom stereocenters. The number of para-hydroxylation sites is 1. The Kier molecular flexibility index (Phi) is 3.81. The summed E-state index contributed by atoms with van der Waals surface area (Å²) >= 11 is 5.94. The Balaban J connectivity index is 1.68. The SMILES string of the molecule is CC1(C)OB(c2cccc3c2O[C@@](C)(c2ccc(Cl)cn2)O3)OC1(C)C. The Labute approximate surface area is 158 Å². The molecule has 1 atom stereocenters. The molecule has 1 aromatic heterocycles. The standard InChI is InChI=1S/C19H21BClNO4/c1-17(2)18(3,4)26-20(25-17)13-7-6-8-14-16(13)24-19(5,23-14)15-10-9-12(21)11-22-15/h6-11H,1-5H3/t19-/m0/s1. The summed E-state index contributed by atoms with van der Waals surface area (Å²) in [6.45, 7) is 9.92. The molecule has 26 heavy (non-hydrogen) atoms. The summed E-state index contributed by atoms with van der Waals surface area (Å²) in [7, 11) is -0.529. The quantitative estimate of drug-likeness (QED) is 0.752. The molecule has 1 aromatic carbocycles. The second-order valence-electron chi connectivity index (χ2n) is 7.77. The molecular weight excluding hydrogens is 352 g/mol. The van der Waals surface area contributed by atoms with Gasteiger partial charge in [0, 0.05) is 18.6 Å². The fourth-order valence-corrected chi connectivity index (χ4v) is 3.16. The minimum absolute atomic E-state index is 0.430. The summed E-state index contributed by atoms with van der Waals surface area (Å²) in [6, 6.07) is 9.27. The van der Waals surface area contributed by atoms with E-state index >= 15 is 0 Å². The maximum absolute atomic E-state index is 6.21. The number of hydrogen-bond acceptors (Lipinski definition) is 5. The Morgan fingerprint density at radius 3 is 2.23 bits per heavy atom. The van der Waals surface area contributed by atoms with Crippen molar-refractivity contribution in [3.63, 3.8) is 0 Å². The third-order valence-corrected chi connectivity index (χ3v) is 5.53. The lowest BCUT2D eigenvalue weighted by atomic mass is 9.78. The minimum Gasteiger partial charge on any atom is -0.443 e. The van der Waals surface area contributed by atoms with Crippen molar-refractivity contribution in [3.05, 3.63) is 47.2 Å². The lowest BCUT2D eigenvalue weighted by Crippen LogP contribution is -2.41. The highest BCUT2D eigenvalue weighted by Crippen LogP contribution is 2.44. The summed E-state index contributed by atoms with van der Waals surface area (Å²) in [5.74, 6) is 0.217. The third kappa shape index (κ3) is 2.68. The molecular formula is C19H21BClNO4. The van der Waals surface area contributed by atoms with E-state index < -0.39 is 24.1 Å². The van der Waals surface area contributed by atoms with E-state index in [1.54, 1.807) is 18.3 Å². The average Bonchev–Trinajstić information content (AvgIpc) is 3.01. The van der Waals surface area contributed by atoms with Gasteiger partial charge >= 0.3 is 7.12 Å². The number of benzene rings is 1. The van der Waals surface area contributed by atoms with Crippen LogP contribution >= 0.6 is 11.6 Å². The lowest BCUT2D eigenvalue weighted by molar-refractivity contribution is -0.0714. The Bertz CT molecular complexity index is 839. The molecule has 1 fully saturated rings.